The summed E-state index contributed by atoms with van der Waals surface area (Å²) < 4.78 is 16.1. The molecule has 1 aromatic rings. The van der Waals surface area contributed by atoms with E-state index in [9.17, 15) is 4.79 Å². The molecule has 6 nitrogen and oxygen atoms in total. The van der Waals surface area contributed by atoms with Crippen molar-refractivity contribution in [2.75, 3.05) is 33.4 Å². The van der Waals surface area contributed by atoms with Gasteiger partial charge in [-0.05, 0) is 25.0 Å². The van der Waals surface area contributed by atoms with Crippen LogP contribution in [0.4, 0.5) is 4.79 Å². The molecule has 0 spiro atoms. The first kappa shape index (κ1) is 15.4. The maximum atomic E-state index is 11.6. The van der Waals surface area contributed by atoms with Crippen LogP contribution in [-0.2, 0) is 4.74 Å². The first-order valence-electron chi connectivity index (χ1n) is 7.18. The largest absolute Gasteiger partial charge is 0.497 e. The lowest BCUT2D eigenvalue weighted by atomic mass is 10.2. The first-order valence-corrected chi connectivity index (χ1v) is 7.18. The number of carbonyl (C=O) groups is 1. The lowest BCUT2D eigenvalue weighted by molar-refractivity contribution is 0.111. The Labute approximate surface area is 124 Å². The number of urea groups is 1. The minimum absolute atomic E-state index is 0.156. The Morgan fingerprint density at radius 3 is 3.00 bits per heavy atom. The Hall–Kier alpha value is -1.95. The summed E-state index contributed by atoms with van der Waals surface area (Å²) in [5, 5.41) is 5.53. The highest BCUT2D eigenvalue weighted by atomic mass is 16.5. The van der Waals surface area contributed by atoms with E-state index in [0.717, 1.165) is 30.9 Å². The van der Waals surface area contributed by atoms with Gasteiger partial charge < -0.3 is 24.8 Å². The number of methoxy groups -OCH3 is 1. The zero-order valence-electron chi connectivity index (χ0n) is 12.3. The van der Waals surface area contributed by atoms with Gasteiger partial charge in [-0.3, -0.25) is 0 Å². The van der Waals surface area contributed by atoms with Crippen molar-refractivity contribution in [3.63, 3.8) is 0 Å². The number of hydrogen-bond acceptors (Lipinski definition) is 4. The van der Waals surface area contributed by atoms with Gasteiger partial charge in [-0.1, -0.05) is 6.07 Å². The average Bonchev–Trinajstić information content (AvgIpc) is 3.03. The third kappa shape index (κ3) is 5.51. The van der Waals surface area contributed by atoms with Gasteiger partial charge in [-0.25, -0.2) is 4.79 Å². The Bertz CT molecular complexity index is 447. The molecule has 0 saturated carbocycles. The standard InChI is InChI=1S/C15H22N2O4/c1-19-12-4-2-5-13(10-12)21-9-7-16-15(18)17-11-14-6-3-8-20-14/h2,4-5,10,14H,3,6-9,11H2,1H3,(H2,16,17,18). The Balaban J connectivity index is 1.57. The molecule has 0 aromatic heterocycles. The van der Waals surface area contributed by atoms with Crippen LogP contribution in [-0.4, -0.2) is 45.5 Å². The predicted molar refractivity (Wildman–Crippen MR) is 78.9 cm³/mol. The zero-order chi connectivity index (χ0) is 14.9. The highest BCUT2D eigenvalue weighted by molar-refractivity contribution is 5.73. The fourth-order valence-electron chi connectivity index (χ4n) is 2.10. The van der Waals surface area contributed by atoms with E-state index < -0.39 is 0 Å². The Kier molecular flexibility index (Phi) is 6.15. The molecule has 1 aliphatic heterocycles. The second-order valence-corrected chi connectivity index (χ2v) is 4.80. The average molecular weight is 294 g/mol. The van der Waals surface area contributed by atoms with E-state index >= 15 is 0 Å². The molecule has 116 valence electrons. The van der Waals surface area contributed by atoms with E-state index in [0.29, 0.717) is 19.7 Å². The number of benzene rings is 1. The molecule has 1 aromatic carbocycles. The highest BCUT2D eigenvalue weighted by Gasteiger charge is 2.15. The molecule has 2 N–H and O–H groups in total. The molecule has 2 amide bonds. The van der Waals surface area contributed by atoms with Crippen LogP contribution < -0.4 is 20.1 Å². The topological polar surface area (TPSA) is 68.8 Å². The van der Waals surface area contributed by atoms with Gasteiger partial charge in [0, 0.05) is 19.2 Å². The lowest BCUT2D eigenvalue weighted by Crippen LogP contribution is -2.41. The summed E-state index contributed by atoms with van der Waals surface area (Å²) in [6.45, 7) is 2.19. The van der Waals surface area contributed by atoms with Crippen molar-refractivity contribution in [1.82, 2.24) is 10.6 Å². The maximum absolute atomic E-state index is 11.6. The van der Waals surface area contributed by atoms with Crippen molar-refractivity contribution >= 4 is 6.03 Å². The van der Waals surface area contributed by atoms with E-state index in [2.05, 4.69) is 10.6 Å². The van der Waals surface area contributed by atoms with E-state index in [1.54, 1.807) is 13.2 Å². The van der Waals surface area contributed by atoms with Crippen molar-refractivity contribution in [3.05, 3.63) is 24.3 Å². The first-order chi connectivity index (χ1) is 10.3. The van der Waals surface area contributed by atoms with Crippen LogP contribution in [0, 0.1) is 0 Å². The maximum Gasteiger partial charge on any atom is 0.315 e. The van der Waals surface area contributed by atoms with Crippen LogP contribution in [0.25, 0.3) is 0 Å². The van der Waals surface area contributed by atoms with Crippen molar-refractivity contribution in [3.8, 4) is 11.5 Å². The molecule has 0 bridgehead atoms. The van der Waals surface area contributed by atoms with Crippen LogP contribution in [0.5, 0.6) is 11.5 Å². The number of nitrogens with one attached hydrogen (secondary N) is 2. The van der Waals surface area contributed by atoms with Crippen LogP contribution in [0.15, 0.2) is 24.3 Å². The van der Waals surface area contributed by atoms with Crippen LogP contribution in [0.2, 0.25) is 0 Å². The predicted octanol–water partition coefficient (Wildman–Crippen LogP) is 1.55. The molecule has 1 unspecified atom stereocenters. The fraction of sp³-hybridized carbons (Fsp3) is 0.533. The van der Waals surface area contributed by atoms with Gasteiger partial charge in [0.2, 0.25) is 0 Å². The lowest BCUT2D eigenvalue weighted by Gasteiger charge is -2.12. The van der Waals surface area contributed by atoms with E-state index in [1.807, 2.05) is 18.2 Å². The van der Waals surface area contributed by atoms with Crippen molar-refractivity contribution in [1.29, 1.82) is 0 Å². The molecule has 6 heteroatoms. The normalized spacial score (nSPS) is 17.3. The van der Waals surface area contributed by atoms with E-state index in [-0.39, 0.29) is 12.1 Å². The van der Waals surface area contributed by atoms with Gasteiger partial charge in [0.1, 0.15) is 18.1 Å². The fourth-order valence-corrected chi connectivity index (χ4v) is 2.10. The third-order valence-electron chi connectivity index (χ3n) is 3.21. The van der Waals surface area contributed by atoms with Crippen LogP contribution in [0.1, 0.15) is 12.8 Å². The van der Waals surface area contributed by atoms with Crippen LogP contribution in [0.3, 0.4) is 0 Å². The Morgan fingerprint density at radius 1 is 1.38 bits per heavy atom. The molecule has 0 aliphatic carbocycles. The SMILES string of the molecule is COc1cccc(OCCNC(=O)NCC2CCCO2)c1. The van der Waals surface area contributed by atoms with E-state index in [4.69, 9.17) is 14.2 Å². The molecular weight excluding hydrogens is 272 g/mol. The van der Waals surface area contributed by atoms with Crippen molar-refractivity contribution < 1.29 is 19.0 Å². The van der Waals surface area contributed by atoms with Crippen molar-refractivity contribution in [2.24, 2.45) is 0 Å². The molecule has 1 atom stereocenters. The number of carbonyl (C=O) groups excluding carboxylic acids is 1. The molecule has 0 radical (unpaired) electrons. The third-order valence-corrected chi connectivity index (χ3v) is 3.21. The number of hydrogen-bond donors (Lipinski definition) is 2. The minimum Gasteiger partial charge on any atom is -0.497 e. The van der Waals surface area contributed by atoms with Gasteiger partial charge >= 0.3 is 6.03 Å². The Morgan fingerprint density at radius 2 is 2.24 bits per heavy atom. The highest BCUT2D eigenvalue weighted by Crippen LogP contribution is 2.18. The molecule has 1 fully saturated rings. The monoisotopic (exact) mass is 294 g/mol. The molecule has 1 aliphatic rings. The molecule has 21 heavy (non-hydrogen) atoms. The molecule has 1 heterocycles. The van der Waals surface area contributed by atoms with E-state index in [1.165, 1.54) is 0 Å². The summed E-state index contributed by atoms with van der Waals surface area (Å²) in [5.41, 5.74) is 0. The second-order valence-electron chi connectivity index (χ2n) is 4.80. The number of ether oxygens (including phenoxy) is 3. The van der Waals surface area contributed by atoms with Crippen LogP contribution >= 0.6 is 0 Å². The van der Waals surface area contributed by atoms with Gasteiger partial charge in [-0.2, -0.15) is 0 Å². The van der Waals surface area contributed by atoms with Gasteiger partial charge in [0.05, 0.1) is 19.8 Å². The minimum atomic E-state index is -0.195. The van der Waals surface area contributed by atoms with Gasteiger partial charge in [-0.15, -0.1) is 0 Å². The number of amides is 2. The zero-order valence-corrected chi connectivity index (χ0v) is 12.3. The number of rotatable bonds is 7. The summed E-state index contributed by atoms with van der Waals surface area (Å²) in [4.78, 5) is 11.6. The molecule has 2 rings (SSSR count). The summed E-state index contributed by atoms with van der Waals surface area (Å²) in [6.07, 6.45) is 2.24. The smallest absolute Gasteiger partial charge is 0.315 e. The second kappa shape index (κ2) is 8.36. The summed E-state index contributed by atoms with van der Waals surface area (Å²) in [6, 6.07) is 7.16. The molecule has 1 saturated heterocycles. The van der Waals surface area contributed by atoms with Gasteiger partial charge in [0.15, 0.2) is 0 Å². The summed E-state index contributed by atoms with van der Waals surface area (Å²) in [7, 11) is 1.61. The molecular formula is C15H22N2O4. The summed E-state index contributed by atoms with van der Waals surface area (Å²) in [5.74, 6) is 1.46. The van der Waals surface area contributed by atoms with Crippen molar-refractivity contribution in [2.45, 2.75) is 18.9 Å². The summed E-state index contributed by atoms with van der Waals surface area (Å²) >= 11 is 0. The van der Waals surface area contributed by atoms with Gasteiger partial charge in [0.25, 0.3) is 0 Å². The quantitative estimate of drug-likeness (QED) is 0.749.